The molecular formula is C15H11F3N2O. The van der Waals surface area contributed by atoms with Gasteiger partial charge in [0.05, 0.1) is 5.56 Å². The number of amides is 1. The van der Waals surface area contributed by atoms with Crippen LogP contribution in [0.25, 0.3) is 0 Å². The highest BCUT2D eigenvalue weighted by Gasteiger charge is 2.36. The second-order valence-electron chi connectivity index (χ2n) is 4.70. The Kier molecular flexibility index (Phi) is 3.08. The molecule has 3 nitrogen and oxygen atoms in total. The normalized spacial score (nSPS) is 17.3. The SMILES string of the molecule is O=C1Nc2ccccc2C1Nc1ccccc1C(F)(F)F. The van der Waals surface area contributed by atoms with Crippen molar-refractivity contribution in [3.63, 3.8) is 0 Å². The molecule has 2 aromatic rings. The van der Waals surface area contributed by atoms with Gasteiger partial charge in [0.25, 0.3) is 5.91 Å². The maximum Gasteiger partial charge on any atom is 0.418 e. The summed E-state index contributed by atoms with van der Waals surface area (Å²) in [6, 6.07) is 11.2. The lowest BCUT2D eigenvalue weighted by Crippen LogP contribution is -2.21. The van der Waals surface area contributed by atoms with Crippen molar-refractivity contribution >= 4 is 17.3 Å². The van der Waals surface area contributed by atoms with E-state index in [1.165, 1.54) is 18.2 Å². The number of carbonyl (C=O) groups excluding carboxylic acids is 1. The van der Waals surface area contributed by atoms with Gasteiger partial charge in [-0.05, 0) is 18.2 Å². The minimum absolute atomic E-state index is 0.109. The molecule has 0 saturated carbocycles. The summed E-state index contributed by atoms with van der Waals surface area (Å²) < 4.78 is 38.9. The first-order valence-corrected chi connectivity index (χ1v) is 6.29. The van der Waals surface area contributed by atoms with Crippen LogP contribution < -0.4 is 10.6 Å². The molecule has 1 amide bonds. The number of halogens is 3. The first-order chi connectivity index (χ1) is 9.97. The van der Waals surface area contributed by atoms with Gasteiger partial charge in [0.15, 0.2) is 0 Å². The number of fused-ring (bicyclic) bond motifs is 1. The van der Waals surface area contributed by atoms with Crippen LogP contribution in [0.15, 0.2) is 48.5 Å². The second kappa shape index (κ2) is 4.80. The van der Waals surface area contributed by atoms with Crippen LogP contribution in [0.1, 0.15) is 17.2 Å². The van der Waals surface area contributed by atoms with Gasteiger partial charge in [0, 0.05) is 16.9 Å². The maximum absolute atomic E-state index is 13.0. The van der Waals surface area contributed by atoms with Crippen molar-refractivity contribution in [3.8, 4) is 0 Å². The molecule has 0 bridgehead atoms. The number of anilines is 2. The Morgan fingerprint density at radius 3 is 2.43 bits per heavy atom. The Balaban J connectivity index is 1.97. The van der Waals surface area contributed by atoms with Crippen LogP contribution in [0.2, 0.25) is 0 Å². The van der Waals surface area contributed by atoms with Gasteiger partial charge in [-0.2, -0.15) is 13.2 Å². The Labute approximate surface area is 118 Å². The fourth-order valence-corrected chi connectivity index (χ4v) is 2.36. The van der Waals surface area contributed by atoms with Crippen LogP contribution in [0.4, 0.5) is 24.5 Å². The molecule has 0 spiro atoms. The standard InChI is InChI=1S/C15H11F3N2O/c16-15(17,18)10-6-2-4-8-12(10)19-13-9-5-1-3-7-11(9)20-14(13)21/h1-8,13,19H,(H,20,21). The van der Waals surface area contributed by atoms with E-state index >= 15 is 0 Å². The van der Waals surface area contributed by atoms with Gasteiger partial charge in [-0.3, -0.25) is 4.79 Å². The number of carbonyl (C=O) groups is 1. The topological polar surface area (TPSA) is 41.1 Å². The number of benzene rings is 2. The summed E-state index contributed by atoms with van der Waals surface area (Å²) in [5.74, 6) is -0.367. The molecule has 2 N–H and O–H groups in total. The molecule has 1 heterocycles. The summed E-state index contributed by atoms with van der Waals surface area (Å²) in [6.07, 6.45) is -4.47. The van der Waals surface area contributed by atoms with E-state index in [2.05, 4.69) is 10.6 Å². The third kappa shape index (κ3) is 2.44. The molecule has 0 radical (unpaired) electrons. The summed E-state index contributed by atoms with van der Waals surface area (Å²) in [7, 11) is 0. The van der Waals surface area contributed by atoms with Gasteiger partial charge < -0.3 is 10.6 Å². The van der Waals surface area contributed by atoms with Crippen molar-refractivity contribution in [2.24, 2.45) is 0 Å². The summed E-state index contributed by atoms with van der Waals surface area (Å²) in [6.45, 7) is 0. The number of rotatable bonds is 2. The number of hydrogen-bond acceptors (Lipinski definition) is 2. The summed E-state index contributed by atoms with van der Waals surface area (Å²) in [5.41, 5.74) is 0.355. The summed E-state index contributed by atoms with van der Waals surface area (Å²) in [5, 5.41) is 5.33. The zero-order chi connectivity index (χ0) is 15.0. The van der Waals surface area contributed by atoms with Crippen LogP contribution in [-0.4, -0.2) is 5.91 Å². The number of para-hydroxylation sites is 2. The predicted octanol–water partition coefficient (Wildman–Crippen LogP) is 3.81. The first kappa shape index (κ1) is 13.5. The van der Waals surface area contributed by atoms with E-state index in [0.29, 0.717) is 11.3 Å². The highest BCUT2D eigenvalue weighted by atomic mass is 19.4. The van der Waals surface area contributed by atoms with E-state index in [-0.39, 0.29) is 11.6 Å². The summed E-state index contributed by atoms with van der Waals surface area (Å²) >= 11 is 0. The molecule has 1 atom stereocenters. The second-order valence-corrected chi connectivity index (χ2v) is 4.70. The van der Waals surface area contributed by atoms with Gasteiger partial charge in [0.1, 0.15) is 6.04 Å². The van der Waals surface area contributed by atoms with Gasteiger partial charge in [-0.15, -0.1) is 0 Å². The highest BCUT2D eigenvalue weighted by molar-refractivity contribution is 6.04. The van der Waals surface area contributed by atoms with Crippen molar-refractivity contribution < 1.29 is 18.0 Å². The van der Waals surface area contributed by atoms with Gasteiger partial charge in [-0.25, -0.2) is 0 Å². The largest absolute Gasteiger partial charge is 0.418 e. The van der Waals surface area contributed by atoms with Gasteiger partial charge in [-0.1, -0.05) is 30.3 Å². The number of nitrogens with one attached hydrogen (secondary N) is 2. The Morgan fingerprint density at radius 2 is 1.67 bits per heavy atom. The fraction of sp³-hybridized carbons (Fsp3) is 0.133. The van der Waals surface area contributed by atoms with E-state index in [9.17, 15) is 18.0 Å². The van der Waals surface area contributed by atoms with Crippen molar-refractivity contribution in [1.82, 2.24) is 0 Å². The molecule has 0 aromatic heterocycles. The summed E-state index contributed by atoms with van der Waals surface area (Å²) in [4.78, 5) is 11.9. The quantitative estimate of drug-likeness (QED) is 0.883. The van der Waals surface area contributed by atoms with E-state index in [4.69, 9.17) is 0 Å². The molecule has 108 valence electrons. The van der Waals surface area contributed by atoms with Crippen LogP contribution in [-0.2, 0) is 11.0 Å². The van der Waals surface area contributed by atoms with Gasteiger partial charge >= 0.3 is 6.18 Å². The molecule has 1 unspecified atom stereocenters. The molecule has 1 aliphatic heterocycles. The van der Waals surface area contributed by atoms with Gasteiger partial charge in [0.2, 0.25) is 0 Å². The van der Waals surface area contributed by atoms with Crippen molar-refractivity contribution in [1.29, 1.82) is 0 Å². The van der Waals surface area contributed by atoms with Crippen molar-refractivity contribution in [2.45, 2.75) is 12.2 Å². The lowest BCUT2D eigenvalue weighted by atomic mass is 10.1. The smallest absolute Gasteiger partial charge is 0.370 e. The molecule has 0 fully saturated rings. The average molecular weight is 292 g/mol. The van der Waals surface area contributed by atoms with Crippen LogP contribution in [0.3, 0.4) is 0 Å². The molecular weight excluding hydrogens is 281 g/mol. The zero-order valence-corrected chi connectivity index (χ0v) is 10.7. The van der Waals surface area contributed by atoms with Crippen LogP contribution in [0, 0.1) is 0 Å². The van der Waals surface area contributed by atoms with E-state index in [1.807, 2.05) is 0 Å². The minimum Gasteiger partial charge on any atom is -0.370 e. The zero-order valence-electron chi connectivity index (χ0n) is 10.7. The fourth-order valence-electron chi connectivity index (χ4n) is 2.36. The maximum atomic E-state index is 13.0. The van der Waals surface area contributed by atoms with Crippen LogP contribution >= 0.6 is 0 Å². The van der Waals surface area contributed by atoms with E-state index in [1.54, 1.807) is 24.3 Å². The molecule has 21 heavy (non-hydrogen) atoms. The van der Waals surface area contributed by atoms with E-state index < -0.39 is 17.8 Å². The third-order valence-electron chi connectivity index (χ3n) is 3.32. The third-order valence-corrected chi connectivity index (χ3v) is 3.32. The van der Waals surface area contributed by atoms with Crippen LogP contribution in [0.5, 0.6) is 0 Å². The number of hydrogen-bond donors (Lipinski definition) is 2. The highest BCUT2D eigenvalue weighted by Crippen LogP contribution is 2.38. The molecule has 0 aliphatic carbocycles. The Hall–Kier alpha value is -2.50. The van der Waals surface area contributed by atoms with Crippen molar-refractivity contribution in [3.05, 3.63) is 59.7 Å². The van der Waals surface area contributed by atoms with Crippen molar-refractivity contribution in [2.75, 3.05) is 10.6 Å². The molecule has 1 aliphatic rings. The lowest BCUT2D eigenvalue weighted by molar-refractivity contribution is -0.137. The first-order valence-electron chi connectivity index (χ1n) is 6.29. The monoisotopic (exact) mass is 292 g/mol. The van der Waals surface area contributed by atoms with E-state index in [0.717, 1.165) is 6.07 Å². The predicted molar refractivity (Wildman–Crippen MR) is 72.9 cm³/mol. The molecule has 0 saturated heterocycles. The molecule has 2 aromatic carbocycles. The minimum atomic E-state index is -4.47. The molecule has 6 heteroatoms. The molecule has 3 rings (SSSR count). The number of alkyl halides is 3. The lowest BCUT2D eigenvalue weighted by Gasteiger charge is -2.18. The average Bonchev–Trinajstić information content (AvgIpc) is 2.75. The Bertz CT molecular complexity index is 697. The Morgan fingerprint density at radius 1 is 1.00 bits per heavy atom.